The van der Waals surface area contributed by atoms with E-state index in [0.717, 1.165) is 5.56 Å². The van der Waals surface area contributed by atoms with Gasteiger partial charge in [0.1, 0.15) is 18.3 Å². The summed E-state index contributed by atoms with van der Waals surface area (Å²) >= 11 is 0. The molecule has 22 heavy (non-hydrogen) atoms. The molecule has 5 atom stereocenters. The molecule has 6 heteroatoms. The smallest absolute Gasteiger partial charge is 0.173 e. The van der Waals surface area contributed by atoms with E-state index in [2.05, 4.69) is 0 Å². The number of hydrogen-bond donors (Lipinski definition) is 2. The highest BCUT2D eigenvalue weighted by atomic mass is 16.6. The van der Waals surface area contributed by atoms with Crippen LogP contribution in [0.15, 0.2) is 30.3 Å². The number of aliphatic hydroxyl groups is 1. The Kier molecular flexibility index (Phi) is 6.75. The van der Waals surface area contributed by atoms with E-state index in [9.17, 15) is 5.11 Å². The Bertz CT molecular complexity index is 430. The fraction of sp³-hybridized carbons (Fsp3) is 0.625. The maximum atomic E-state index is 9.94. The van der Waals surface area contributed by atoms with Crippen LogP contribution in [0.25, 0.3) is 0 Å². The summed E-state index contributed by atoms with van der Waals surface area (Å²) in [6, 6.07) is 9.21. The largest absolute Gasteiger partial charge is 0.376 e. The van der Waals surface area contributed by atoms with Gasteiger partial charge in [-0.05, 0) is 12.5 Å². The number of rotatable bonds is 7. The fourth-order valence-corrected chi connectivity index (χ4v) is 2.63. The summed E-state index contributed by atoms with van der Waals surface area (Å²) in [4.78, 5) is 0. The first-order valence-electron chi connectivity index (χ1n) is 7.52. The van der Waals surface area contributed by atoms with Crippen LogP contribution in [0.1, 0.15) is 12.5 Å². The Labute approximate surface area is 131 Å². The summed E-state index contributed by atoms with van der Waals surface area (Å²) in [7, 11) is 1.58. The summed E-state index contributed by atoms with van der Waals surface area (Å²) < 4.78 is 22.3. The number of nitrogens with two attached hydrogens (primary N) is 1. The zero-order chi connectivity index (χ0) is 15.9. The van der Waals surface area contributed by atoms with Crippen molar-refractivity contribution in [1.29, 1.82) is 0 Å². The second-order valence-corrected chi connectivity index (χ2v) is 5.26. The molecule has 1 heterocycles. The molecule has 0 radical (unpaired) electrons. The molecule has 0 amide bonds. The molecule has 3 N–H and O–H groups in total. The quantitative estimate of drug-likeness (QED) is 0.770. The molecule has 6 nitrogen and oxygen atoms in total. The number of benzene rings is 1. The van der Waals surface area contributed by atoms with Gasteiger partial charge in [0.05, 0.1) is 19.3 Å². The van der Waals surface area contributed by atoms with Crippen molar-refractivity contribution in [1.82, 2.24) is 0 Å². The van der Waals surface area contributed by atoms with Gasteiger partial charge >= 0.3 is 0 Å². The van der Waals surface area contributed by atoms with Crippen molar-refractivity contribution < 1.29 is 24.1 Å². The monoisotopic (exact) mass is 311 g/mol. The van der Waals surface area contributed by atoms with Crippen LogP contribution in [-0.4, -0.2) is 56.1 Å². The highest BCUT2D eigenvalue weighted by Crippen LogP contribution is 2.24. The first-order chi connectivity index (χ1) is 10.7. The van der Waals surface area contributed by atoms with Crippen molar-refractivity contribution in [3.63, 3.8) is 0 Å². The molecule has 2 rings (SSSR count). The molecular weight excluding hydrogens is 286 g/mol. The van der Waals surface area contributed by atoms with Gasteiger partial charge in [0.25, 0.3) is 0 Å². The molecular formula is C16H25NO5. The van der Waals surface area contributed by atoms with Crippen molar-refractivity contribution in [2.45, 2.75) is 44.2 Å². The predicted molar refractivity (Wildman–Crippen MR) is 81.2 cm³/mol. The number of methoxy groups -OCH3 is 1. The van der Waals surface area contributed by atoms with Gasteiger partial charge in [0, 0.05) is 13.7 Å². The third kappa shape index (κ3) is 4.25. The molecule has 1 aliphatic rings. The maximum absolute atomic E-state index is 9.94. The van der Waals surface area contributed by atoms with Crippen molar-refractivity contribution in [2.75, 3.05) is 20.3 Å². The van der Waals surface area contributed by atoms with Crippen LogP contribution in [0.5, 0.6) is 0 Å². The predicted octanol–water partition coefficient (Wildman–Crippen LogP) is 0.668. The van der Waals surface area contributed by atoms with Crippen molar-refractivity contribution in [3.05, 3.63) is 35.9 Å². The maximum Gasteiger partial charge on any atom is 0.173 e. The molecule has 1 saturated heterocycles. The Balaban J connectivity index is 1.93. The molecule has 3 unspecified atom stereocenters. The molecule has 1 aliphatic heterocycles. The van der Waals surface area contributed by atoms with Gasteiger partial charge in [-0.15, -0.1) is 0 Å². The standard InChI is InChI=1S/C16H25NO5/c1-3-21-15-13(17)16(18)22-12(14(15)19-2)10-20-9-11-7-5-4-6-8-11/h4-8,12-16,18H,3,9-10,17H2,1-2H3/t12?,13?,14-,15-,16?/m1/s1. The van der Waals surface area contributed by atoms with Crippen LogP contribution in [-0.2, 0) is 25.6 Å². The fourth-order valence-electron chi connectivity index (χ4n) is 2.63. The van der Waals surface area contributed by atoms with E-state index < -0.39 is 24.5 Å². The normalized spacial score (nSPS) is 32.1. The van der Waals surface area contributed by atoms with E-state index in [-0.39, 0.29) is 6.10 Å². The first kappa shape index (κ1) is 17.3. The summed E-state index contributed by atoms with van der Waals surface area (Å²) in [5, 5.41) is 9.94. The molecule has 1 aromatic carbocycles. The van der Waals surface area contributed by atoms with E-state index in [1.54, 1.807) is 7.11 Å². The molecule has 1 fully saturated rings. The third-order valence-electron chi connectivity index (χ3n) is 3.74. The molecule has 124 valence electrons. The van der Waals surface area contributed by atoms with Crippen LogP contribution < -0.4 is 5.73 Å². The molecule has 0 spiro atoms. The zero-order valence-electron chi connectivity index (χ0n) is 13.1. The Morgan fingerprint density at radius 2 is 1.95 bits per heavy atom. The van der Waals surface area contributed by atoms with Gasteiger partial charge in [0.15, 0.2) is 6.29 Å². The van der Waals surface area contributed by atoms with Crippen LogP contribution in [0.4, 0.5) is 0 Å². The lowest BCUT2D eigenvalue weighted by Gasteiger charge is -2.42. The minimum Gasteiger partial charge on any atom is -0.376 e. The Morgan fingerprint density at radius 3 is 2.59 bits per heavy atom. The lowest BCUT2D eigenvalue weighted by atomic mass is 9.97. The molecule has 0 aliphatic carbocycles. The molecule has 0 aromatic heterocycles. The van der Waals surface area contributed by atoms with E-state index in [4.69, 9.17) is 24.7 Å². The topological polar surface area (TPSA) is 83.2 Å². The number of ether oxygens (including phenoxy) is 4. The van der Waals surface area contributed by atoms with Gasteiger partial charge in [-0.1, -0.05) is 30.3 Å². The Hall–Kier alpha value is -1.02. The van der Waals surface area contributed by atoms with E-state index in [1.165, 1.54) is 0 Å². The van der Waals surface area contributed by atoms with Gasteiger partial charge in [-0.25, -0.2) is 0 Å². The van der Waals surface area contributed by atoms with E-state index in [1.807, 2.05) is 37.3 Å². The first-order valence-corrected chi connectivity index (χ1v) is 7.52. The van der Waals surface area contributed by atoms with Crippen LogP contribution in [0, 0.1) is 0 Å². The highest BCUT2D eigenvalue weighted by molar-refractivity contribution is 5.13. The van der Waals surface area contributed by atoms with Gasteiger partial charge in [-0.2, -0.15) is 0 Å². The summed E-state index contributed by atoms with van der Waals surface area (Å²) in [6.45, 7) is 3.13. The number of hydrogen-bond acceptors (Lipinski definition) is 6. The lowest BCUT2D eigenvalue weighted by Crippen LogP contribution is -2.63. The number of aliphatic hydroxyl groups excluding tert-OH is 1. The minimum absolute atomic E-state index is 0.292. The SMILES string of the molecule is CCO[C@@H]1C(N)C(O)OC(COCc2ccccc2)[C@H]1OC. The molecule has 0 saturated carbocycles. The van der Waals surface area contributed by atoms with Gasteiger partial charge < -0.3 is 29.8 Å². The van der Waals surface area contributed by atoms with E-state index >= 15 is 0 Å². The minimum atomic E-state index is -1.09. The average Bonchev–Trinajstić information content (AvgIpc) is 2.53. The third-order valence-corrected chi connectivity index (χ3v) is 3.74. The van der Waals surface area contributed by atoms with Crippen LogP contribution in [0.3, 0.4) is 0 Å². The van der Waals surface area contributed by atoms with Crippen molar-refractivity contribution >= 4 is 0 Å². The van der Waals surface area contributed by atoms with Crippen LogP contribution >= 0.6 is 0 Å². The lowest BCUT2D eigenvalue weighted by molar-refractivity contribution is -0.264. The average molecular weight is 311 g/mol. The van der Waals surface area contributed by atoms with E-state index in [0.29, 0.717) is 19.8 Å². The van der Waals surface area contributed by atoms with Gasteiger partial charge in [0.2, 0.25) is 0 Å². The van der Waals surface area contributed by atoms with Crippen molar-refractivity contribution in [2.24, 2.45) is 5.73 Å². The van der Waals surface area contributed by atoms with Crippen LogP contribution in [0.2, 0.25) is 0 Å². The van der Waals surface area contributed by atoms with Crippen molar-refractivity contribution in [3.8, 4) is 0 Å². The zero-order valence-corrected chi connectivity index (χ0v) is 13.1. The second kappa shape index (κ2) is 8.57. The summed E-state index contributed by atoms with van der Waals surface area (Å²) in [5.41, 5.74) is 7.01. The van der Waals surface area contributed by atoms with Gasteiger partial charge in [-0.3, -0.25) is 0 Å². The highest BCUT2D eigenvalue weighted by Gasteiger charge is 2.44. The molecule has 0 bridgehead atoms. The molecule has 1 aromatic rings. The Morgan fingerprint density at radius 1 is 1.23 bits per heavy atom. The summed E-state index contributed by atoms with van der Waals surface area (Å²) in [5.74, 6) is 0. The summed E-state index contributed by atoms with van der Waals surface area (Å²) in [6.07, 6.45) is -2.33. The second-order valence-electron chi connectivity index (χ2n) is 5.26.